The standard InChI is InChI=1S/C17H16N6S/c1-10-13(21-9-20-10)14-11-5-3-7-19-16(11)23-17(18-2)15(22-14)12-6-4-8-24-12/h3-9,15H,1-2H3,(H,20,21)(H,18,19,23). The molecule has 0 aliphatic carbocycles. The Bertz CT molecular complexity index is 922. The Kier molecular flexibility index (Phi) is 3.70. The predicted molar refractivity (Wildman–Crippen MR) is 96.4 cm³/mol. The smallest absolute Gasteiger partial charge is 0.163 e. The molecule has 0 saturated carbocycles. The molecule has 1 atom stereocenters. The van der Waals surface area contributed by atoms with Crippen LogP contribution in [0.25, 0.3) is 0 Å². The summed E-state index contributed by atoms with van der Waals surface area (Å²) in [6, 6.07) is 7.81. The van der Waals surface area contributed by atoms with E-state index in [1.807, 2.05) is 32.2 Å². The fourth-order valence-corrected chi connectivity index (χ4v) is 3.51. The van der Waals surface area contributed by atoms with Gasteiger partial charge < -0.3 is 10.3 Å². The average Bonchev–Trinajstić information content (AvgIpc) is 3.24. The lowest BCUT2D eigenvalue weighted by molar-refractivity contribution is 0.926. The lowest BCUT2D eigenvalue weighted by Gasteiger charge is -2.13. The molecule has 6 nitrogen and oxygen atoms in total. The first-order chi connectivity index (χ1) is 11.8. The highest BCUT2D eigenvalue weighted by Gasteiger charge is 2.26. The van der Waals surface area contributed by atoms with Gasteiger partial charge in [0.25, 0.3) is 0 Å². The average molecular weight is 336 g/mol. The van der Waals surface area contributed by atoms with Crippen LogP contribution in [0.4, 0.5) is 5.82 Å². The van der Waals surface area contributed by atoms with Crippen LogP contribution in [0, 0.1) is 6.92 Å². The molecule has 0 saturated heterocycles. The number of pyridine rings is 1. The van der Waals surface area contributed by atoms with E-state index in [4.69, 9.17) is 9.98 Å². The number of thiophene rings is 1. The van der Waals surface area contributed by atoms with Crippen LogP contribution in [0.5, 0.6) is 0 Å². The number of aliphatic imine (C=N–C) groups is 2. The maximum absolute atomic E-state index is 5.04. The molecule has 1 unspecified atom stereocenters. The number of rotatable bonds is 2. The summed E-state index contributed by atoms with van der Waals surface area (Å²) >= 11 is 1.67. The second kappa shape index (κ2) is 6.01. The van der Waals surface area contributed by atoms with E-state index in [0.717, 1.165) is 33.4 Å². The molecule has 4 heterocycles. The van der Waals surface area contributed by atoms with E-state index < -0.39 is 0 Å². The third kappa shape index (κ3) is 2.43. The number of aromatic amines is 1. The van der Waals surface area contributed by atoms with E-state index in [9.17, 15) is 0 Å². The van der Waals surface area contributed by atoms with Gasteiger partial charge in [0, 0.05) is 23.7 Å². The van der Waals surface area contributed by atoms with E-state index in [0.29, 0.717) is 5.82 Å². The molecule has 7 heteroatoms. The number of likely N-dealkylation sites (N-methyl/N-ethyl adjacent to an activating group) is 1. The molecule has 0 bridgehead atoms. The zero-order valence-electron chi connectivity index (χ0n) is 13.3. The number of hydrogen-bond donors (Lipinski definition) is 2. The summed E-state index contributed by atoms with van der Waals surface area (Å²) in [4.78, 5) is 22.9. The van der Waals surface area contributed by atoms with Crippen molar-refractivity contribution in [2.75, 3.05) is 7.05 Å². The molecule has 0 fully saturated rings. The van der Waals surface area contributed by atoms with Gasteiger partial charge in [-0.05, 0) is 30.5 Å². The van der Waals surface area contributed by atoms with Crippen molar-refractivity contribution in [3.63, 3.8) is 0 Å². The maximum Gasteiger partial charge on any atom is 0.163 e. The van der Waals surface area contributed by atoms with Gasteiger partial charge in [-0.3, -0.25) is 4.99 Å². The van der Waals surface area contributed by atoms with E-state index in [1.54, 1.807) is 23.9 Å². The number of nitrogens with one attached hydrogen (secondary N) is 2. The van der Waals surface area contributed by atoms with Gasteiger partial charge in [0.15, 0.2) is 5.82 Å². The molecule has 4 rings (SSSR count). The molecule has 1 aliphatic rings. The summed E-state index contributed by atoms with van der Waals surface area (Å²) in [6.45, 7) is 1.97. The highest BCUT2D eigenvalue weighted by molar-refractivity contribution is 7.10. The predicted octanol–water partition coefficient (Wildman–Crippen LogP) is 3.02. The zero-order chi connectivity index (χ0) is 16.5. The Morgan fingerprint density at radius 1 is 1.21 bits per heavy atom. The number of amidine groups is 1. The Labute approximate surface area is 143 Å². The van der Waals surface area contributed by atoms with Gasteiger partial charge >= 0.3 is 0 Å². The summed E-state index contributed by atoms with van der Waals surface area (Å²) in [5.74, 6) is 1.44. The third-order valence-electron chi connectivity index (χ3n) is 3.92. The second-order valence-corrected chi connectivity index (χ2v) is 6.36. The van der Waals surface area contributed by atoms with Crippen LogP contribution in [0.2, 0.25) is 0 Å². The van der Waals surface area contributed by atoms with Crippen LogP contribution in [0.1, 0.15) is 27.9 Å². The van der Waals surface area contributed by atoms with Crippen LogP contribution in [-0.2, 0) is 0 Å². The van der Waals surface area contributed by atoms with E-state index >= 15 is 0 Å². The normalized spacial score (nSPS) is 16.8. The number of imidazole rings is 1. The van der Waals surface area contributed by atoms with Gasteiger partial charge in [-0.1, -0.05) is 6.07 Å². The number of hydrogen-bond acceptors (Lipinski definition) is 6. The third-order valence-corrected chi connectivity index (χ3v) is 4.84. The van der Waals surface area contributed by atoms with Crippen LogP contribution < -0.4 is 5.32 Å². The van der Waals surface area contributed by atoms with Gasteiger partial charge in [-0.15, -0.1) is 11.3 Å². The minimum absolute atomic E-state index is 0.193. The Morgan fingerprint density at radius 3 is 2.83 bits per heavy atom. The van der Waals surface area contributed by atoms with Gasteiger partial charge in [-0.2, -0.15) is 0 Å². The van der Waals surface area contributed by atoms with Gasteiger partial charge in [0.1, 0.15) is 11.9 Å². The van der Waals surface area contributed by atoms with Crippen LogP contribution in [0.15, 0.2) is 52.2 Å². The lowest BCUT2D eigenvalue weighted by Crippen LogP contribution is -2.24. The largest absolute Gasteiger partial charge is 0.374 e. The fourth-order valence-electron chi connectivity index (χ4n) is 2.75. The molecule has 3 aromatic heterocycles. The van der Waals surface area contributed by atoms with Gasteiger partial charge in [-0.25, -0.2) is 15.0 Å². The molecule has 24 heavy (non-hydrogen) atoms. The molecule has 0 spiro atoms. The maximum atomic E-state index is 5.04. The number of aromatic nitrogens is 3. The fraction of sp³-hybridized carbons (Fsp3) is 0.176. The number of nitrogens with zero attached hydrogens (tertiary/aromatic N) is 4. The highest BCUT2D eigenvalue weighted by atomic mass is 32.1. The first kappa shape index (κ1) is 14.8. The van der Waals surface area contributed by atoms with Crippen molar-refractivity contribution < 1.29 is 0 Å². The number of fused-ring (bicyclic) bond motifs is 1. The molecule has 120 valence electrons. The van der Waals surface area contributed by atoms with Crippen molar-refractivity contribution in [3.8, 4) is 0 Å². The quantitative estimate of drug-likeness (QED) is 0.755. The minimum atomic E-state index is -0.193. The summed E-state index contributed by atoms with van der Waals surface area (Å²) in [5.41, 5.74) is 3.54. The minimum Gasteiger partial charge on any atom is -0.374 e. The van der Waals surface area contributed by atoms with Crippen molar-refractivity contribution in [2.45, 2.75) is 13.0 Å². The monoisotopic (exact) mass is 336 g/mol. The summed E-state index contributed by atoms with van der Waals surface area (Å²) in [6.07, 6.45) is 3.44. The number of H-pyrrole nitrogens is 1. The highest BCUT2D eigenvalue weighted by Crippen LogP contribution is 2.31. The van der Waals surface area contributed by atoms with Crippen LogP contribution in [-0.4, -0.2) is 33.5 Å². The van der Waals surface area contributed by atoms with Crippen molar-refractivity contribution in [2.24, 2.45) is 9.98 Å². The van der Waals surface area contributed by atoms with Gasteiger partial charge in [0.2, 0.25) is 0 Å². The Morgan fingerprint density at radius 2 is 2.12 bits per heavy atom. The molecular formula is C17H16N6S. The van der Waals surface area contributed by atoms with E-state index in [-0.39, 0.29) is 6.04 Å². The molecule has 0 aromatic carbocycles. The Balaban J connectivity index is 1.98. The molecule has 2 N–H and O–H groups in total. The molecule has 0 amide bonds. The summed E-state index contributed by atoms with van der Waals surface area (Å²) < 4.78 is 0. The second-order valence-electron chi connectivity index (χ2n) is 5.38. The first-order valence-electron chi connectivity index (χ1n) is 7.61. The molecule has 3 aromatic rings. The molecule has 1 aliphatic heterocycles. The van der Waals surface area contributed by atoms with Crippen molar-refractivity contribution >= 4 is 28.7 Å². The SMILES string of the molecule is CNC1=Nc2ncccc2C(c2[nH]cnc2C)=NC1c1cccs1. The summed E-state index contributed by atoms with van der Waals surface area (Å²) in [5, 5.41) is 5.24. The van der Waals surface area contributed by atoms with Crippen molar-refractivity contribution in [3.05, 3.63) is 64.0 Å². The molecular weight excluding hydrogens is 320 g/mol. The van der Waals surface area contributed by atoms with Gasteiger partial charge in [0.05, 0.1) is 23.4 Å². The Hall–Kier alpha value is -2.80. The zero-order valence-corrected chi connectivity index (χ0v) is 14.1. The van der Waals surface area contributed by atoms with E-state index in [1.165, 1.54) is 0 Å². The van der Waals surface area contributed by atoms with Crippen molar-refractivity contribution in [1.82, 2.24) is 20.3 Å². The van der Waals surface area contributed by atoms with Crippen LogP contribution in [0.3, 0.4) is 0 Å². The topological polar surface area (TPSA) is 78.3 Å². The van der Waals surface area contributed by atoms with Crippen molar-refractivity contribution in [1.29, 1.82) is 0 Å². The summed E-state index contributed by atoms with van der Waals surface area (Å²) in [7, 11) is 1.87. The first-order valence-corrected chi connectivity index (χ1v) is 8.49. The molecule has 0 radical (unpaired) electrons. The van der Waals surface area contributed by atoms with E-state index in [2.05, 4.69) is 31.7 Å². The van der Waals surface area contributed by atoms with Crippen LogP contribution >= 0.6 is 11.3 Å². The lowest BCUT2D eigenvalue weighted by atomic mass is 10.1. The number of aryl methyl sites for hydroxylation is 1.